The summed E-state index contributed by atoms with van der Waals surface area (Å²) in [5.74, 6) is -0.0739. The predicted octanol–water partition coefficient (Wildman–Crippen LogP) is 2.45. The maximum absolute atomic E-state index is 11.8. The van der Waals surface area contributed by atoms with E-state index in [-0.39, 0.29) is 30.4 Å². The average Bonchev–Trinajstić information content (AvgIpc) is 2.56. The molecule has 0 saturated carbocycles. The molecular weight excluding hydrogens is 310 g/mol. The van der Waals surface area contributed by atoms with Gasteiger partial charge in [0, 0.05) is 12.3 Å². The van der Waals surface area contributed by atoms with Crippen molar-refractivity contribution in [2.45, 2.75) is 13.3 Å². The van der Waals surface area contributed by atoms with E-state index in [1.165, 1.54) is 0 Å². The van der Waals surface area contributed by atoms with Crippen LogP contribution in [-0.4, -0.2) is 32.4 Å². The third-order valence-corrected chi connectivity index (χ3v) is 5.31. The Balaban J connectivity index is 1.87. The zero-order chi connectivity index (χ0) is 16.7. The highest BCUT2D eigenvalue weighted by molar-refractivity contribution is 7.91. The number of hydrogen-bond acceptors (Lipinski definition) is 3. The van der Waals surface area contributed by atoms with Crippen LogP contribution in [0.5, 0.6) is 0 Å². The fraction of sp³-hybridized carbons (Fsp3) is 0.278. The van der Waals surface area contributed by atoms with E-state index in [4.69, 9.17) is 0 Å². The van der Waals surface area contributed by atoms with Crippen LogP contribution in [0.15, 0.2) is 54.6 Å². The number of carbonyl (C=O) groups excluding carboxylic acids is 1. The highest BCUT2D eigenvalue weighted by Gasteiger charge is 2.09. The quantitative estimate of drug-likeness (QED) is 0.847. The van der Waals surface area contributed by atoms with Gasteiger partial charge in [0.15, 0.2) is 9.84 Å². The van der Waals surface area contributed by atoms with Crippen molar-refractivity contribution >= 4 is 15.7 Å². The first-order valence-corrected chi connectivity index (χ1v) is 9.44. The lowest BCUT2D eigenvalue weighted by Gasteiger charge is -2.07. The van der Waals surface area contributed by atoms with Crippen LogP contribution >= 0.6 is 0 Å². The SMILES string of the molecule is CCS(=O)(=O)CCNC(=O)Cc1ccc(-c2ccccc2)cc1. The van der Waals surface area contributed by atoms with E-state index < -0.39 is 9.84 Å². The summed E-state index contributed by atoms with van der Waals surface area (Å²) in [6.07, 6.45) is 0.251. The summed E-state index contributed by atoms with van der Waals surface area (Å²) in [5, 5.41) is 2.65. The molecule has 122 valence electrons. The van der Waals surface area contributed by atoms with Crippen molar-refractivity contribution in [3.8, 4) is 11.1 Å². The van der Waals surface area contributed by atoms with Gasteiger partial charge in [-0.2, -0.15) is 0 Å². The van der Waals surface area contributed by atoms with Gasteiger partial charge in [-0.1, -0.05) is 61.5 Å². The minimum Gasteiger partial charge on any atom is -0.355 e. The van der Waals surface area contributed by atoms with E-state index in [9.17, 15) is 13.2 Å². The summed E-state index contributed by atoms with van der Waals surface area (Å²) >= 11 is 0. The van der Waals surface area contributed by atoms with Crippen LogP contribution in [0.1, 0.15) is 12.5 Å². The highest BCUT2D eigenvalue weighted by Crippen LogP contribution is 2.19. The molecule has 0 heterocycles. The van der Waals surface area contributed by atoms with Crippen molar-refractivity contribution in [3.63, 3.8) is 0 Å². The minimum atomic E-state index is -3.04. The first-order valence-electron chi connectivity index (χ1n) is 7.61. The molecule has 0 bridgehead atoms. The topological polar surface area (TPSA) is 63.2 Å². The van der Waals surface area contributed by atoms with Gasteiger partial charge in [0.25, 0.3) is 0 Å². The Morgan fingerprint density at radius 3 is 2.17 bits per heavy atom. The molecule has 0 fully saturated rings. The minimum absolute atomic E-state index is 0.0117. The summed E-state index contributed by atoms with van der Waals surface area (Å²) < 4.78 is 22.7. The summed E-state index contributed by atoms with van der Waals surface area (Å²) in [6, 6.07) is 17.8. The van der Waals surface area contributed by atoms with Crippen LogP contribution in [0.2, 0.25) is 0 Å². The van der Waals surface area contributed by atoms with Crippen LogP contribution in [0, 0.1) is 0 Å². The lowest BCUT2D eigenvalue weighted by Crippen LogP contribution is -2.30. The maximum atomic E-state index is 11.8. The second-order valence-corrected chi connectivity index (χ2v) is 7.80. The molecule has 0 aliphatic carbocycles. The first kappa shape index (κ1) is 17.2. The van der Waals surface area contributed by atoms with Crippen molar-refractivity contribution in [2.24, 2.45) is 0 Å². The van der Waals surface area contributed by atoms with E-state index in [1.54, 1.807) is 6.92 Å². The van der Waals surface area contributed by atoms with Gasteiger partial charge in [0.1, 0.15) is 0 Å². The molecule has 0 spiro atoms. The van der Waals surface area contributed by atoms with Gasteiger partial charge in [-0.05, 0) is 16.7 Å². The van der Waals surface area contributed by atoms with Crippen molar-refractivity contribution in [1.29, 1.82) is 0 Å². The third-order valence-electron chi connectivity index (χ3n) is 3.60. The fourth-order valence-corrected chi connectivity index (χ4v) is 2.89. The van der Waals surface area contributed by atoms with Crippen molar-refractivity contribution in [2.75, 3.05) is 18.1 Å². The Morgan fingerprint density at radius 1 is 0.957 bits per heavy atom. The fourth-order valence-electron chi connectivity index (χ4n) is 2.18. The molecule has 2 aromatic rings. The number of nitrogens with one attached hydrogen (secondary N) is 1. The number of hydrogen-bond donors (Lipinski definition) is 1. The van der Waals surface area contributed by atoms with E-state index in [2.05, 4.69) is 5.32 Å². The van der Waals surface area contributed by atoms with Gasteiger partial charge in [-0.25, -0.2) is 8.42 Å². The summed E-state index contributed by atoms with van der Waals surface area (Å²) in [6.45, 7) is 1.77. The summed E-state index contributed by atoms with van der Waals surface area (Å²) in [5.41, 5.74) is 3.14. The molecular formula is C18H21NO3S. The number of benzene rings is 2. The number of carbonyl (C=O) groups is 1. The van der Waals surface area contributed by atoms with Gasteiger partial charge >= 0.3 is 0 Å². The third kappa shape index (κ3) is 5.53. The van der Waals surface area contributed by atoms with E-state index in [0.717, 1.165) is 16.7 Å². The van der Waals surface area contributed by atoms with Crippen molar-refractivity contribution in [3.05, 3.63) is 60.2 Å². The second-order valence-electron chi connectivity index (χ2n) is 5.33. The Kier molecular flexibility index (Phi) is 5.93. The van der Waals surface area contributed by atoms with Gasteiger partial charge in [-0.3, -0.25) is 4.79 Å². The normalized spacial score (nSPS) is 11.2. The molecule has 0 aromatic heterocycles. The van der Waals surface area contributed by atoms with Crippen LogP contribution in [0.4, 0.5) is 0 Å². The summed E-state index contributed by atoms with van der Waals surface area (Å²) in [7, 11) is -3.04. The van der Waals surface area contributed by atoms with Gasteiger partial charge in [0.05, 0.1) is 12.2 Å². The van der Waals surface area contributed by atoms with E-state index in [1.807, 2.05) is 54.6 Å². The molecule has 1 amide bonds. The van der Waals surface area contributed by atoms with Crippen LogP contribution in [0.25, 0.3) is 11.1 Å². The molecule has 0 atom stereocenters. The Bertz CT molecular complexity index is 738. The van der Waals surface area contributed by atoms with Crippen LogP contribution < -0.4 is 5.32 Å². The zero-order valence-corrected chi connectivity index (χ0v) is 14.0. The van der Waals surface area contributed by atoms with Crippen LogP contribution in [0.3, 0.4) is 0 Å². The molecule has 0 radical (unpaired) electrons. The molecule has 23 heavy (non-hydrogen) atoms. The number of rotatable bonds is 7. The monoisotopic (exact) mass is 331 g/mol. The number of sulfone groups is 1. The Morgan fingerprint density at radius 2 is 1.57 bits per heavy atom. The average molecular weight is 331 g/mol. The maximum Gasteiger partial charge on any atom is 0.224 e. The molecule has 4 nitrogen and oxygen atoms in total. The van der Waals surface area contributed by atoms with E-state index in [0.29, 0.717) is 0 Å². The Hall–Kier alpha value is -2.14. The molecule has 1 N–H and O–H groups in total. The predicted molar refractivity (Wildman–Crippen MR) is 92.9 cm³/mol. The molecule has 2 rings (SSSR count). The lowest BCUT2D eigenvalue weighted by atomic mass is 10.0. The molecule has 0 aliphatic rings. The van der Waals surface area contributed by atoms with Gasteiger partial charge in [0.2, 0.25) is 5.91 Å². The molecule has 2 aromatic carbocycles. The van der Waals surface area contributed by atoms with Crippen molar-refractivity contribution < 1.29 is 13.2 Å². The highest BCUT2D eigenvalue weighted by atomic mass is 32.2. The van der Waals surface area contributed by atoms with Gasteiger partial charge < -0.3 is 5.32 Å². The Labute approximate surface area is 137 Å². The number of amides is 1. The van der Waals surface area contributed by atoms with Gasteiger partial charge in [-0.15, -0.1) is 0 Å². The molecule has 0 saturated heterocycles. The standard InChI is InChI=1S/C18H21NO3S/c1-2-23(21,22)13-12-19-18(20)14-15-8-10-17(11-9-15)16-6-4-3-5-7-16/h3-11H,2,12-14H2,1H3,(H,19,20). The first-order chi connectivity index (χ1) is 11.0. The smallest absolute Gasteiger partial charge is 0.224 e. The second kappa shape index (κ2) is 7.92. The summed E-state index contributed by atoms with van der Waals surface area (Å²) in [4.78, 5) is 11.8. The molecule has 0 aliphatic heterocycles. The molecule has 0 unspecified atom stereocenters. The lowest BCUT2D eigenvalue weighted by molar-refractivity contribution is -0.120. The van der Waals surface area contributed by atoms with Crippen LogP contribution in [-0.2, 0) is 21.1 Å². The largest absolute Gasteiger partial charge is 0.355 e. The molecule has 5 heteroatoms. The van der Waals surface area contributed by atoms with Crippen molar-refractivity contribution in [1.82, 2.24) is 5.32 Å². The van der Waals surface area contributed by atoms with E-state index >= 15 is 0 Å². The zero-order valence-electron chi connectivity index (χ0n) is 13.2.